The van der Waals surface area contributed by atoms with Crippen LogP contribution in [0.2, 0.25) is 0 Å². The number of aliphatic imine (C=N–C) groups is 2. The van der Waals surface area contributed by atoms with Crippen molar-refractivity contribution in [3.63, 3.8) is 0 Å². The first-order valence-electron chi connectivity index (χ1n) is 2.07. The van der Waals surface area contributed by atoms with Crippen LogP contribution in [0.3, 0.4) is 0 Å². The van der Waals surface area contributed by atoms with Gasteiger partial charge in [-0.05, 0) is 0 Å². The summed E-state index contributed by atoms with van der Waals surface area (Å²) >= 11 is 0.120. The molecular weight excluding hydrogens is 187 g/mol. The van der Waals surface area contributed by atoms with E-state index in [-0.39, 0.29) is 15.0 Å². The van der Waals surface area contributed by atoms with Crippen molar-refractivity contribution in [1.29, 1.82) is 0 Å². The van der Waals surface area contributed by atoms with E-state index in [0.717, 1.165) is 0 Å². The van der Waals surface area contributed by atoms with Gasteiger partial charge in [-0.15, -0.1) is 0 Å². The maximum atomic E-state index is 9.45. The third-order valence-corrected chi connectivity index (χ3v) is 1.75. The van der Waals surface area contributed by atoms with E-state index in [1.807, 2.05) is 0 Å². The van der Waals surface area contributed by atoms with Crippen molar-refractivity contribution in [2.45, 2.75) is 0 Å². The molecule has 0 bridgehead atoms. The second-order valence-electron chi connectivity index (χ2n) is 0.961. The Balaban J connectivity index is 3.09. The summed E-state index contributed by atoms with van der Waals surface area (Å²) in [6, 6.07) is 0. The van der Waals surface area contributed by atoms with Crippen LogP contribution < -0.4 is 0 Å². The molecule has 0 aliphatic heterocycles. The fourth-order valence-corrected chi connectivity index (χ4v) is 0.960. The average molecular weight is 191 g/mol. The summed E-state index contributed by atoms with van der Waals surface area (Å²) in [7, 11) is 0. The molecule has 0 atom stereocenters. The maximum absolute atomic E-state index is 9.45. The molecule has 0 radical (unpaired) electrons. The molecule has 0 saturated heterocycles. The molecule has 0 aromatic rings. The third kappa shape index (κ3) is 7.28. The number of nitrogens with zero attached hydrogens (tertiary/aromatic N) is 2. The summed E-state index contributed by atoms with van der Waals surface area (Å²) in [5.41, 5.74) is 0.892. The van der Waals surface area contributed by atoms with E-state index < -0.39 is 0 Å². The Kier molecular flexibility index (Phi) is 6.70. The van der Waals surface area contributed by atoms with E-state index in [9.17, 15) is 9.59 Å². The van der Waals surface area contributed by atoms with Gasteiger partial charge in [-0.3, -0.25) is 0 Å². The van der Waals surface area contributed by atoms with Crippen LogP contribution in [-0.4, -0.2) is 38.0 Å². The molecule has 0 rings (SSSR count). The Hall–Kier alpha value is -0.721. The van der Waals surface area contributed by atoms with Gasteiger partial charge in [0.25, 0.3) is 0 Å². The first-order chi connectivity index (χ1) is 4.41. The summed E-state index contributed by atoms with van der Waals surface area (Å²) in [6.07, 6.45) is 2.79. The van der Waals surface area contributed by atoms with Gasteiger partial charge in [0, 0.05) is 0 Å². The molecule has 0 N–H and O–H groups in total. The van der Waals surface area contributed by atoms with Crippen molar-refractivity contribution in [3.05, 3.63) is 0 Å². The molecular formula is C4H4N2O2Se. The van der Waals surface area contributed by atoms with E-state index in [4.69, 9.17) is 0 Å². The number of carbonyl (C=O) groups excluding carboxylic acids is 2. The summed E-state index contributed by atoms with van der Waals surface area (Å²) < 4.78 is 0. The van der Waals surface area contributed by atoms with Crippen molar-refractivity contribution in [1.82, 2.24) is 0 Å². The second-order valence-corrected chi connectivity index (χ2v) is 2.90. The van der Waals surface area contributed by atoms with E-state index in [2.05, 4.69) is 9.98 Å². The van der Waals surface area contributed by atoms with Gasteiger partial charge >= 0.3 is 57.6 Å². The number of isocyanates is 2. The third-order valence-electron chi connectivity index (χ3n) is 0.441. The normalized spacial score (nSPS) is 7.11. The second kappa shape index (κ2) is 7.28. The van der Waals surface area contributed by atoms with E-state index >= 15 is 0 Å². The number of hydrogen-bond acceptors (Lipinski definition) is 4. The molecule has 4 nitrogen and oxygen atoms in total. The van der Waals surface area contributed by atoms with Crippen LogP contribution in [0.4, 0.5) is 0 Å². The van der Waals surface area contributed by atoms with Crippen molar-refractivity contribution in [2.75, 3.05) is 10.9 Å². The van der Waals surface area contributed by atoms with Crippen LogP contribution in [0.15, 0.2) is 9.98 Å². The minimum absolute atomic E-state index is 0.120. The van der Waals surface area contributed by atoms with Crippen LogP contribution in [0, 0.1) is 0 Å². The van der Waals surface area contributed by atoms with Crippen LogP contribution in [0.25, 0.3) is 0 Å². The number of rotatable bonds is 4. The van der Waals surface area contributed by atoms with Gasteiger partial charge in [0.15, 0.2) is 0 Å². The quantitative estimate of drug-likeness (QED) is 0.255. The molecule has 0 aliphatic carbocycles. The van der Waals surface area contributed by atoms with E-state index in [1.54, 1.807) is 0 Å². The minimum atomic E-state index is 0.120. The molecule has 5 heteroatoms. The van der Waals surface area contributed by atoms with Crippen molar-refractivity contribution in [2.24, 2.45) is 9.98 Å². The first-order valence-corrected chi connectivity index (χ1v) is 4.49. The molecule has 0 aliphatic rings. The molecule has 0 fully saturated rings. The molecule has 0 amide bonds. The van der Waals surface area contributed by atoms with Gasteiger partial charge in [-0.25, -0.2) is 0 Å². The van der Waals surface area contributed by atoms with Crippen LogP contribution in [0.5, 0.6) is 0 Å². The fraction of sp³-hybridized carbons (Fsp3) is 0.500. The van der Waals surface area contributed by atoms with Crippen molar-refractivity contribution < 1.29 is 9.59 Å². The summed E-state index contributed by atoms with van der Waals surface area (Å²) in [6.45, 7) is 0. The molecule has 0 aromatic heterocycles. The zero-order chi connectivity index (χ0) is 6.95. The van der Waals surface area contributed by atoms with Crippen molar-refractivity contribution in [3.8, 4) is 0 Å². The average Bonchev–Trinajstić information content (AvgIpc) is 1.89. The zero-order valence-corrected chi connectivity index (χ0v) is 6.25. The predicted molar refractivity (Wildman–Crippen MR) is 31.7 cm³/mol. The molecule has 0 unspecified atom stereocenters. The Morgan fingerprint density at radius 3 is 1.89 bits per heavy atom. The Labute approximate surface area is 58.2 Å². The van der Waals surface area contributed by atoms with Gasteiger partial charge in [0.05, 0.1) is 0 Å². The molecule has 0 saturated carbocycles. The number of hydrogen-bond donors (Lipinski definition) is 0. The van der Waals surface area contributed by atoms with Crippen molar-refractivity contribution >= 4 is 27.1 Å². The molecule has 9 heavy (non-hydrogen) atoms. The van der Waals surface area contributed by atoms with Gasteiger partial charge < -0.3 is 0 Å². The van der Waals surface area contributed by atoms with E-state index in [1.165, 1.54) is 12.2 Å². The summed E-state index contributed by atoms with van der Waals surface area (Å²) in [5.74, 6) is 0. The van der Waals surface area contributed by atoms with Crippen LogP contribution >= 0.6 is 0 Å². The Morgan fingerprint density at radius 2 is 1.56 bits per heavy atom. The molecule has 0 spiro atoms. The van der Waals surface area contributed by atoms with E-state index in [0.29, 0.717) is 10.9 Å². The summed E-state index contributed by atoms with van der Waals surface area (Å²) in [5, 5.41) is 0. The predicted octanol–water partition coefficient (Wildman–Crippen LogP) is -0.723. The van der Waals surface area contributed by atoms with Crippen LogP contribution in [-0.2, 0) is 9.59 Å². The molecule has 0 aromatic carbocycles. The fourth-order valence-electron chi connectivity index (χ4n) is 0.185. The molecule has 48 valence electrons. The Bertz CT molecular complexity index is 140. The zero-order valence-electron chi connectivity index (χ0n) is 4.53. The van der Waals surface area contributed by atoms with Gasteiger partial charge in [0.1, 0.15) is 0 Å². The SMILES string of the molecule is O=C=NC[Se]CN=C=O. The standard InChI is InChI=1S/C4H4N2O2Se/c7-1-5-3-9-4-6-2-8/h3-4H2. The summed E-state index contributed by atoms with van der Waals surface area (Å²) in [4.78, 5) is 25.4. The Morgan fingerprint density at radius 1 is 1.11 bits per heavy atom. The van der Waals surface area contributed by atoms with Crippen LogP contribution in [0.1, 0.15) is 0 Å². The van der Waals surface area contributed by atoms with Gasteiger partial charge in [-0.2, -0.15) is 0 Å². The van der Waals surface area contributed by atoms with Gasteiger partial charge in [0.2, 0.25) is 0 Å². The topological polar surface area (TPSA) is 58.9 Å². The monoisotopic (exact) mass is 192 g/mol. The molecule has 0 heterocycles. The first kappa shape index (κ1) is 8.28. The van der Waals surface area contributed by atoms with Gasteiger partial charge in [-0.1, -0.05) is 0 Å².